The first kappa shape index (κ1) is 19.6. The van der Waals surface area contributed by atoms with Crippen molar-refractivity contribution in [2.45, 2.75) is 39.5 Å². The molecule has 0 fully saturated rings. The first-order chi connectivity index (χ1) is 15.1. The summed E-state index contributed by atoms with van der Waals surface area (Å²) < 4.78 is 7.96. The number of hydrogen-bond acceptors (Lipinski definition) is 4. The normalized spacial score (nSPS) is 14.2. The van der Waals surface area contributed by atoms with E-state index in [1.165, 1.54) is 16.8 Å². The molecular formula is C26H28N4O. The number of aromatic nitrogens is 2. The van der Waals surface area contributed by atoms with E-state index in [2.05, 4.69) is 45.7 Å². The first-order valence-electron chi connectivity index (χ1n) is 10.9. The van der Waals surface area contributed by atoms with E-state index in [0.29, 0.717) is 0 Å². The molecule has 5 rings (SSSR count). The minimum Gasteiger partial charge on any atom is -0.491 e. The Morgan fingerprint density at radius 1 is 1.00 bits per heavy atom. The van der Waals surface area contributed by atoms with Crippen LogP contribution in [0.25, 0.3) is 16.9 Å². The number of nitrogens with zero attached hydrogens (tertiary/aromatic N) is 3. The van der Waals surface area contributed by atoms with Gasteiger partial charge in [0.2, 0.25) is 0 Å². The van der Waals surface area contributed by atoms with Gasteiger partial charge in [0.15, 0.2) is 0 Å². The molecule has 0 aliphatic carbocycles. The van der Waals surface area contributed by atoms with Crippen LogP contribution >= 0.6 is 0 Å². The summed E-state index contributed by atoms with van der Waals surface area (Å²) >= 11 is 0. The van der Waals surface area contributed by atoms with E-state index >= 15 is 0 Å². The van der Waals surface area contributed by atoms with Gasteiger partial charge < -0.3 is 14.9 Å². The van der Waals surface area contributed by atoms with Gasteiger partial charge >= 0.3 is 0 Å². The fraction of sp³-hybridized carbons (Fsp3) is 0.269. The van der Waals surface area contributed by atoms with E-state index in [-0.39, 0.29) is 6.10 Å². The summed E-state index contributed by atoms with van der Waals surface area (Å²) in [6.07, 6.45) is 3.21. The predicted molar refractivity (Wildman–Crippen MR) is 125 cm³/mol. The summed E-state index contributed by atoms with van der Waals surface area (Å²) in [5.41, 5.74) is 13.9. The smallest absolute Gasteiger partial charge is 0.137 e. The third-order valence-electron chi connectivity index (χ3n) is 5.82. The fourth-order valence-electron chi connectivity index (χ4n) is 4.36. The van der Waals surface area contributed by atoms with E-state index < -0.39 is 0 Å². The number of rotatable bonds is 5. The number of pyridine rings is 1. The van der Waals surface area contributed by atoms with Gasteiger partial charge in [-0.3, -0.25) is 4.90 Å². The maximum Gasteiger partial charge on any atom is 0.137 e. The highest BCUT2D eigenvalue weighted by molar-refractivity contribution is 5.68. The van der Waals surface area contributed by atoms with E-state index in [9.17, 15) is 0 Å². The van der Waals surface area contributed by atoms with Crippen LogP contribution in [-0.4, -0.2) is 26.9 Å². The van der Waals surface area contributed by atoms with Crippen LogP contribution < -0.4 is 10.5 Å². The largest absolute Gasteiger partial charge is 0.491 e. The molecule has 31 heavy (non-hydrogen) atoms. The van der Waals surface area contributed by atoms with Crippen molar-refractivity contribution < 1.29 is 4.74 Å². The number of ether oxygens (including phenoxy) is 1. The molecule has 0 saturated carbocycles. The number of fused-ring (bicyclic) bond motifs is 2. The Morgan fingerprint density at radius 2 is 1.77 bits per heavy atom. The van der Waals surface area contributed by atoms with Crippen LogP contribution in [0.2, 0.25) is 0 Å². The molecule has 3 heterocycles. The van der Waals surface area contributed by atoms with Crippen LogP contribution in [-0.2, 0) is 19.5 Å². The lowest BCUT2D eigenvalue weighted by atomic mass is 9.99. The zero-order valence-electron chi connectivity index (χ0n) is 18.1. The number of benzene rings is 2. The Kier molecular flexibility index (Phi) is 5.12. The quantitative estimate of drug-likeness (QED) is 0.505. The maximum atomic E-state index is 6.12. The van der Waals surface area contributed by atoms with Crippen molar-refractivity contribution in [1.29, 1.82) is 0 Å². The van der Waals surface area contributed by atoms with Crippen LogP contribution in [0.4, 0.5) is 5.69 Å². The van der Waals surface area contributed by atoms with E-state index in [0.717, 1.165) is 54.4 Å². The highest BCUT2D eigenvalue weighted by atomic mass is 16.5. The van der Waals surface area contributed by atoms with Crippen molar-refractivity contribution in [3.8, 4) is 17.0 Å². The van der Waals surface area contributed by atoms with Gasteiger partial charge in [0.25, 0.3) is 0 Å². The molecule has 0 unspecified atom stereocenters. The molecule has 2 aromatic carbocycles. The molecule has 0 spiro atoms. The SMILES string of the molecule is CC(C)Oc1ccc(-c2nc3ccc(N)cn3c2CN2CCc3ccccc3C2)cc1. The molecule has 158 valence electrons. The van der Waals surface area contributed by atoms with Gasteiger partial charge in [0, 0.05) is 37.1 Å². The second-order valence-corrected chi connectivity index (χ2v) is 8.52. The highest BCUT2D eigenvalue weighted by Crippen LogP contribution is 2.30. The lowest BCUT2D eigenvalue weighted by Crippen LogP contribution is -2.30. The van der Waals surface area contributed by atoms with E-state index in [1.807, 2.05) is 44.3 Å². The predicted octanol–water partition coefficient (Wildman–Crippen LogP) is 4.93. The molecule has 2 N–H and O–H groups in total. The number of nitrogen functional groups attached to an aromatic ring is 1. The third-order valence-corrected chi connectivity index (χ3v) is 5.82. The summed E-state index contributed by atoms with van der Waals surface area (Å²) in [4.78, 5) is 7.46. The number of nitrogens with two attached hydrogens (primary N) is 1. The average molecular weight is 413 g/mol. The summed E-state index contributed by atoms with van der Waals surface area (Å²) in [5, 5.41) is 0. The van der Waals surface area contributed by atoms with Crippen molar-refractivity contribution >= 4 is 11.3 Å². The van der Waals surface area contributed by atoms with Crippen molar-refractivity contribution in [2.24, 2.45) is 0 Å². The van der Waals surface area contributed by atoms with Gasteiger partial charge in [0.05, 0.1) is 17.5 Å². The summed E-state index contributed by atoms with van der Waals surface area (Å²) in [7, 11) is 0. The van der Waals surface area contributed by atoms with Crippen LogP contribution in [0.3, 0.4) is 0 Å². The van der Waals surface area contributed by atoms with Gasteiger partial charge in [-0.15, -0.1) is 0 Å². The molecular weight excluding hydrogens is 384 g/mol. The monoisotopic (exact) mass is 412 g/mol. The van der Waals surface area contributed by atoms with Crippen LogP contribution in [0, 0.1) is 0 Å². The minimum atomic E-state index is 0.154. The molecule has 5 nitrogen and oxygen atoms in total. The van der Waals surface area contributed by atoms with Crippen LogP contribution in [0.1, 0.15) is 30.7 Å². The zero-order chi connectivity index (χ0) is 21.4. The molecule has 0 saturated heterocycles. The van der Waals surface area contributed by atoms with E-state index in [4.69, 9.17) is 15.5 Å². The molecule has 4 aromatic rings. The topological polar surface area (TPSA) is 55.8 Å². The van der Waals surface area contributed by atoms with Gasteiger partial charge in [-0.1, -0.05) is 24.3 Å². The lowest BCUT2D eigenvalue weighted by molar-refractivity contribution is 0.242. The molecule has 0 atom stereocenters. The van der Waals surface area contributed by atoms with Gasteiger partial charge in [-0.2, -0.15) is 0 Å². The van der Waals surface area contributed by atoms with Gasteiger partial charge in [-0.25, -0.2) is 4.98 Å². The third kappa shape index (κ3) is 4.01. The lowest BCUT2D eigenvalue weighted by Gasteiger charge is -2.28. The highest BCUT2D eigenvalue weighted by Gasteiger charge is 2.21. The first-order valence-corrected chi connectivity index (χ1v) is 10.9. The second kappa shape index (κ2) is 8.08. The Labute approximate surface area is 183 Å². The average Bonchev–Trinajstić information content (AvgIpc) is 3.11. The Hall–Kier alpha value is -3.31. The molecule has 0 bridgehead atoms. The van der Waals surface area contributed by atoms with Crippen molar-refractivity contribution in [2.75, 3.05) is 12.3 Å². The molecule has 5 heteroatoms. The van der Waals surface area contributed by atoms with Crippen LogP contribution in [0.5, 0.6) is 5.75 Å². The standard InChI is InChI=1S/C26H28N4O/c1-18(2)31-23-10-7-20(8-11-23)26-24(30-16-22(27)9-12-25(30)28-26)17-29-14-13-19-5-3-4-6-21(19)15-29/h3-12,16,18H,13-15,17,27H2,1-2H3. The van der Waals surface area contributed by atoms with Crippen molar-refractivity contribution in [1.82, 2.24) is 14.3 Å². The van der Waals surface area contributed by atoms with Crippen LogP contribution in [0.15, 0.2) is 66.9 Å². The number of imidazole rings is 1. The molecule has 0 amide bonds. The van der Waals surface area contributed by atoms with Gasteiger partial charge in [-0.05, 0) is 67.8 Å². The minimum absolute atomic E-state index is 0.154. The summed E-state index contributed by atoms with van der Waals surface area (Å²) in [6.45, 7) is 6.88. The Morgan fingerprint density at radius 3 is 2.55 bits per heavy atom. The fourth-order valence-corrected chi connectivity index (χ4v) is 4.36. The Bertz CT molecular complexity index is 1210. The number of hydrogen-bond donors (Lipinski definition) is 1. The Balaban J connectivity index is 1.51. The summed E-state index contributed by atoms with van der Waals surface area (Å²) in [6, 6.07) is 20.9. The summed E-state index contributed by atoms with van der Waals surface area (Å²) in [5.74, 6) is 0.876. The van der Waals surface area contributed by atoms with Crippen molar-refractivity contribution in [3.63, 3.8) is 0 Å². The van der Waals surface area contributed by atoms with E-state index in [1.54, 1.807) is 0 Å². The van der Waals surface area contributed by atoms with Crippen molar-refractivity contribution in [3.05, 3.63) is 83.7 Å². The maximum absolute atomic E-state index is 6.12. The molecule has 1 aliphatic rings. The number of anilines is 1. The molecule has 0 radical (unpaired) electrons. The molecule has 1 aliphatic heterocycles. The second-order valence-electron chi connectivity index (χ2n) is 8.52. The molecule has 2 aromatic heterocycles. The van der Waals surface area contributed by atoms with Gasteiger partial charge in [0.1, 0.15) is 11.4 Å². The zero-order valence-corrected chi connectivity index (χ0v) is 18.1.